The molecule has 1 rings (SSSR count). The fourth-order valence-corrected chi connectivity index (χ4v) is 3.53. The number of nitrogens with one attached hydrogen (secondary N) is 2. The number of hydrogen-bond donors (Lipinski definition) is 2. The first-order valence-corrected chi connectivity index (χ1v) is 8.34. The van der Waals surface area contributed by atoms with Crippen LogP contribution in [0.15, 0.2) is 0 Å². The molecule has 18 heavy (non-hydrogen) atoms. The van der Waals surface area contributed by atoms with Gasteiger partial charge in [-0.1, -0.05) is 20.8 Å². The summed E-state index contributed by atoms with van der Waals surface area (Å²) in [5.74, 6) is 0.830. The third-order valence-electron chi connectivity index (χ3n) is 4.17. The second kappa shape index (κ2) is 8.05. The molecule has 2 N–H and O–H groups in total. The van der Waals surface area contributed by atoms with Crippen LogP contribution in [-0.2, 0) is 4.79 Å². The van der Waals surface area contributed by atoms with E-state index >= 15 is 0 Å². The molecule has 0 saturated carbocycles. The summed E-state index contributed by atoms with van der Waals surface area (Å²) in [7, 11) is 0. The normalized spacial score (nSPS) is 17.7. The van der Waals surface area contributed by atoms with Crippen molar-refractivity contribution < 1.29 is 4.79 Å². The van der Waals surface area contributed by atoms with Gasteiger partial charge < -0.3 is 10.6 Å². The average Bonchev–Trinajstić information content (AvgIpc) is 2.44. The van der Waals surface area contributed by atoms with Gasteiger partial charge in [-0.05, 0) is 45.2 Å². The molecule has 1 aliphatic rings. The lowest BCUT2D eigenvalue weighted by molar-refractivity contribution is -0.120. The van der Waals surface area contributed by atoms with E-state index in [9.17, 15) is 4.79 Å². The Morgan fingerprint density at radius 2 is 1.78 bits per heavy atom. The topological polar surface area (TPSA) is 41.1 Å². The standard InChI is InChI=1S/C14H28N2OS/c1-4-14(5-2,6-3)16-13(17)11-18-12-7-9-15-10-8-12/h12,15H,4-11H2,1-3H3,(H,16,17). The molecular formula is C14H28N2OS. The van der Waals surface area contributed by atoms with Gasteiger partial charge in [0.2, 0.25) is 5.91 Å². The summed E-state index contributed by atoms with van der Waals surface area (Å²) in [5, 5.41) is 7.26. The minimum atomic E-state index is 0.0196. The van der Waals surface area contributed by atoms with E-state index in [1.807, 2.05) is 11.8 Å². The summed E-state index contributed by atoms with van der Waals surface area (Å²) < 4.78 is 0. The highest BCUT2D eigenvalue weighted by atomic mass is 32.2. The zero-order valence-corrected chi connectivity index (χ0v) is 12.9. The Morgan fingerprint density at radius 1 is 1.22 bits per heavy atom. The van der Waals surface area contributed by atoms with Crippen molar-refractivity contribution in [2.24, 2.45) is 0 Å². The van der Waals surface area contributed by atoms with Gasteiger partial charge in [0.05, 0.1) is 5.75 Å². The number of rotatable bonds is 7. The molecule has 0 aromatic heterocycles. The monoisotopic (exact) mass is 272 g/mol. The highest BCUT2D eigenvalue weighted by Crippen LogP contribution is 2.22. The highest BCUT2D eigenvalue weighted by molar-refractivity contribution is 8.00. The summed E-state index contributed by atoms with van der Waals surface area (Å²) in [6.07, 6.45) is 5.44. The Morgan fingerprint density at radius 3 is 2.28 bits per heavy atom. The van der Waals surface area contributed by atoms with E-state index < -0.39 is 0 Å². The average molecular weight is 272 g/mol. The van der Waals surface area contributed by atoms with Gasteiger partial charge in [0.1, 0.15) is 0 Å². The molecule has 1 aliphatic heterocycles. The van der Waals surface area contributed by atoms with Crippen LogP contribution < -0.4 is 10.6 Å². The number of hydrogen-bond acceptors (Lipinski definition) is 3. The predicted molar refractivity (Wildman–Crippen MR) is 80.1 cm³/mol. The first-order chi connectivity index (χ1) is 8.65. The summed E-state index contributed by atoms with van der Waals surface area (Å²) in [5.41, 5.74) is 0.0196. The molecule has 0 radical (unpaired) electrons. The molecule has 1 fully saturated rings. The molecule has 0 atom stereocenters. The minimum Gasteiger partial charge on any atom is -0.350 e. The maximum atomic E-state index is 12.0. The second-order valence-corrected chi connectivity index (χ2v) is 6.44. The molecule has 0 bridgehead atoms. The number of thioether (sulfide) groups is 1. The van der Waals surface area contributed by atoms with E-state index in [4.69, 9.17) is 0 Å². The maximum absolute atomic E-state index is 12.0. The van der Waals surface area contributed by atoms with Gasteiger partial charge in [-0.25, -0.2) is 0 Å². The van der Waals surface area contributed by atoms with Crippen LogP contribution in [0.2, 0.25) is 0 Å². The molecule has 0 spiro atoms. The number of carbonyl (C=O) groups excluding carboxylic acids is 1. The van der Waals surface area contributed by atoms with Crippen molar-refractivity contribution >= 4 is 17.7 Å². The summed E-state index contributed by atoms with van der Waals surface area (Å²) in [6.45, 7) is 8.68. The molecule has 1 heterocycles. The van der Waals surface area contributed by atoms with Crippen molar-refractivity contribution in [2.75, 3.05) is 18.8 Å². The van der Waals surface area contributed by atoms with Gasteiger partial charge >= 0.3 is 0 Å². The van der Waals surface area contributed by atoms with Gasteiger partial charge in [0.15, 0.2) is 0 Å². The minimum absolute atomic E-state index is 0.0196. The van der Waals surface area contributed by atoms with E-state index in [1.54, 1.807) is 0 Å². The summed E-state index contributed by atoms with van der Waals surface area (Å²) in [6, 6.07) is 0. The van der Waals surface area contributed by atoms with Crippen molar-refractivity contribution in [3.63, 3.8) is 0 Å². The molecule has 106 valence electrons. The quantitative estimate of drug-likeness (QED) is 0.748. The first-order valence-electron chi connectivity index (χ1n) is 7.29. The smallest absolute Gasteiger partial charge is 0.230 e. The Kier molecular flexibility index (Phi) is 7.08. The lowest BCUT2D eigenvalue weighted by Gasteiger charge is -2.32. The van der Waals surface area contributed by atoms with E-state index in [2.05, 4.69) is 31.4 Å². The number of amides is 1. The van der Waals surface area contributed by atoms with E-state index in [1.165, 1.54) is 12.8 Å². The van der Waals surface area contributed by atoms with Crippen molar-refractivity contribution in [1.29, 1.82) is 0 Å². The number of piperidine rings is 1. The maximum Gasteiger partial charge on any atom is 0.230 e. The van der Waals surface area contributed by atoms with Crippen molar-refractivity contribution in [2.45, 2.75) is 63.7 Å². The van der Waals surface area contributed by atoms with Crippen LogP contribution in [0.1, 0.15) is 52.9 Å². The second-order valence-electron chi connectivity index (χ2n) is 5.15. The summed E-state index contributed by atoms with van der Waals surface area (Å²) in [4.78, 5) is 12.0. The van der Waals surface area contributed by atoms with E-state index in [-0.39, 0.29) is 11.4 Å². The zero-order chi connectivity index (χ0) is 13.4. The Bertz CT molecular complexity index is 240. The molecule has 0 aromatic carbocycles. The molecule has 0 aromatic rings. The van der Waals surface area contributed by atoms with Crippen molar-refractivity contribution in [1.82, 2.24) is 10.6 Å². The van der Waals surface area contributed by atoms with Crippen LogP contribution >= 0.6 is 11.8 Å². The van der Waals surface area contributed by atoms with E-state index in [0.717, 1.165) is 32.4 Å². The number of carbonyl (C=O) groups is 1. The third kappa shape index (κ3) is 4.81. The van der Waals surface area contributed by atoms with Crippen LogP contribution in [0.25, 0.3) is 0 Å². The SMILES string of the molecule is CCC(CC)(CC)NC(=O)CSC1CCNCC1. The van der Waals surface area contributed by atoms with Crippen LogP contribution in [-0.4, -0.2) is 35.5 Å². The van der Waals surface area contributed by atoms with Gasteiger partial charge in [0, 0.05) is 10.8 Å². The highest BCUT2D eigenvalue weighted by Gasteiger charge is 2.26. The Hall–Kier alpha value is -0.220. The van der Waals surface area contributed by atoms with Gasteiger partial charge in [-0.3, -0.25) is 4.79 Å². The molecule has 0 unspecified atom stereocenters. The first kappa shape index (κ1) is 15.8. The van der Waals surface area contributed by atoms with Crippen molar-refractivity contribution in [3.05, 3.63) is 0 Å². The van der Waals surface area contributed by atoms with Crippen LogP contribution in [0.4, 0.5) is 0 Å². The van der Waals surface area contributed by atoms with Crippen LogP contribution in [0.5, 0.6) is 0 Å². The van der Waals surface area contributed by atoms with Crippen LogP contribution in [0.3, 0.4) is 0 Å². The lowest BCUT2D eigenvalue weighted by atomic mass is 9.90. The van der Waals surface area contributed by atoms with Crippen molar-refractivity contribution in [3.8, 4) is 0 Å². The Labute approximate surface area is 116 Å². The fourth-order valence-electron chi connectivity index (χ4n) is 2.50. The van der Waals surface area contributed by atoms with Crippen LogP contribution in [0, 0.1) is 0 Å². The van der Waals surface area contributed by atoms with Gasteiger partial charge in [-0.2, -0.15) is 0 Å². The van der Waals surface area contributed by atoms with E-state index in [0.29, 0.717) is 11.0 Å². The predicted octanol–water partition coefficient (Wildman–Crippen LogP) is 2.56. The van der Waals surface area contributed by atoms with Gasteiger partial charge in [0.25, 0.3) is 0 Å². The third-order valence-corrected chi connectivity index (χ3v) is 5.54. The summed E-state index contributed by atoms with van der Waals surface area (Å²) >= 11 is 1.83. The molecule has 3 nitrogen and oxygen atoms in total. The zero-order valence-electron chi connectivity index (χ0n) is 12.1. The fraction of sp³-hybridized carbons (Fsp3) is 0.929. The largest absolute Gasteiger partial charge is 0.350 e. The molecule has 1 amide bonds. The Balaban J connectivity index is 2.31. The molecule has 0 aliphatic carbocycles. The lowest BCUT2D eigenvalue weighted by Crippen LogP contribution is -2.48. The molecule has 4 heteroatoms. The molecular weight excluding hydrogens is 244 g/mol. The van der Waals surface area contributed by atoms with Gasteiger partial charge in [-0.15, -0.1) is 11.8 Å². The molecule has 1 saturated heterocycles.